The van der Waals surface area contributed by atoms with Crippen LogP contribution in [-0.4, -0.2) is 5.37 Å². The zero-order valence-electron chi connectivity index (χ0n) is 5.34. The van der Waals surface area contributed by atoms with Crippen molar-refractivity contribution >= 4 is 28.3 Å². The second-order valence-electron chi connectivity index (χ2n) is 2.29. The molecule has 0 aromatic heterocycles. The Kier molecular flexibility index (Phi) is 1.55. The second-order valence-corrected chi connectivity index (χ2v) is 3.83. The molecule has 1 heterocycles. The van der Waals surface area contributed by atoms with Gasteiger partial charge in [-0.3, -0.25) is 0 Å². The van der Waals surface area contributed by atoms with Crippen LogP contribution in [0.4, 0.5) is 0 Å². The predicted octanol–water partition coefficient (Wildman–Crippen LogP) is 2.52. The molecule has 2 heteroatoms. The first-order valence-corrected chi connectivity index (χ1v) is 4.51. The van der Waals surface area contributed by atoms with Crippen LogP contribution in [0.3, 0.4) is 0 Å². The Labute approximate surface area is 68.8 Å². The van der Waals surface area contributed by atoms with Gasteiger partial charge in [-0.15, -0.1) is 0 Å². The van der Waals surface area contributed by atoms with Crippen LogP contribution >= 0.6 is 23.0 Å². The lowest BCUT2D eigenvalue weighted by Gasteiger charge is -1.96. The van der Waals surface area contributed by atoms with Gasteiger partial charge >= 0.3 is 0 Å². The number of halogens is 1. The van der Waals surface area contributed by atoms with Crippen LogP contribution in [0, 0.1) is 0 Å². The molecule has 0 spiro atoms. The summed E-state index contributed by atoms with van der Waals surface area (Å²) in [5, 5.41) is 3.10. The lowest BCUT2D eigenvalue weighted by Crippen LogP contribution is -1.79. The van der Waals surface area contributed by atoms with Crippen molar-refractivity contribution in [2.45, 2.75) is 11.3 Å². The first-order chi connectivity index (χ1) is 4.86. The summed E-state index contributed by atoms with van der Waals surface area (Å²) in [6.45, 7) is 0. The van der Waals surface area contributed by atoms with E-state index in [1.54, 1.807) is 0 Å². The van der Waals surface area contributed by atoms with E-state index in [1.807, 2.05) is 12.1 Å². The van der Waals surface area contributed by atoms with Crippen molar-refractivity contribution < 1.29 is 0 Å². The summed E-state index contributed by atoms with van der Waals surface area (Å²) in [5.41, 5.74) is 1.38. The molecule has 0 saturated heterocycles. The van der Waals surface area contributed by atoms with Gasteiger partial charge in [0, 0.05) is 9.92 Å². The van der Waals surface area contributed by atoms with Gasteiger partial charge in [0.2, 0.25) is 0 Å². The van der Waals surface area contributed by atoms with Crippen LogP contribution in [0.2, 0.25) is 5.02 Å². The number of rotatable bonds is 0. The van der Waals surface area contributed by atoms with Gasteiger partial charge in [-0.05, 0) is 30.2 Å². The van der Waals surface area contributed by atoms with Crippen molar-refractivity contribution in [1.29, 1.82) is 0 Å². The molecule has 1 aromatic carbocycles. The van der Waals surface area contributed by atoms with Crippen LogP contribution in [0.15, 0.2) is 23.1 Å². The van der Waals surface area contributed by atoms with E-state index in [9.17, 15) is 0 Å². The number of benzene rings is 1. The molecule has 0 fully saturated rings. The normalized spacial score (nSPS) is 14.5. The molecular formula is C8H7ClS. The summed E-state index contributed by atoms with van der Waals surface area (Å²) in [5.74, 6) is 0. The average Bonchev–Trinajstić information content (AvgIpc) is 2.33. The molecule has 1 aromatic rings. The number of hydrogen-bond acceptors (Lipinski definition) is 0. The zero-order valence-corrected chi connectivity index (χ0v) is 6.99. The fourth-order valence-electron chi connectivity index (χ4n) is 1.09. The molecule has 0 amide bonds. The molecule has 0 nitrogen and oxygen atoms in total. The maximum absolute atomic E-state index is 5.81. The second kappa shape index (κ2) is 2.40. The third kappa shape index (κ3) is 0.998. The first-order valence-electron chi connectivity index (χ1n) is 3.17. The zero-order chi connectivity index (χ0) is 6.97. The highest BCUT2D eigenvalue weighted by Gasteiger charge is 2.03. The van der Waals surface area contributed by atoms with Gasteiger partial charge in [0.25, 0.3) is 0 Å². The minimum Gasteiger partial charge on any atom is -0.173 e. The average molecular weight is 171 g/mol. The van der Waals surface area contributed by atoms with Gasteiger partial charge in [0.1, 0.15) is 0 Å². The van der Waals surface area contributed by atoms with E-state index in [-0.39, 0.29) is 0 Å². The monoisotopic (exact) mass is 170 g/mol. The fraction of sp³-hybridized carbons (Fsp3) is 0.125. The van der Waals surface area contributed by atoms with Gasteiger partial charge in [-0.25, -0.2) is 0 Å². The summed E-state index contributed by atoms with van der Waals surface area (Å²) >= 11 is 7.15. The van der Waals surface area contributed by atoms with Gasteiger partial charge in [0.05, 0.1) is 0 Å². The van der Waals surface area contributed by atoms with Gasteiger partial charge in [0.15, 0.2) is 0 Å². The summed E-state index contributed by atoms with van der Waals surface area (Å²) in [4.78, 5) is 1.41. The number of hydrogen-bond donors (Lipinski definition) is 1. The van der Waals surface area contributed by atoms with E-state index in [0.29, 0.717) is 0 Å². The van der Waals surface area contributed by atoms with Gasteiger partial charge < -0.3 is 0 Å². The maximum atomic E-state index is 5.81. The quantitative estimate of drug-likeness (QED) is 0.449. The molecule has 0 unspecified atom stereocenters. The van der Waals surface area contributed by atoms with Crippen LogP contribution in [0.25, 0.3) is 0 Å². The van der Waals surface area contributed by atoms with E-state index in [1.165, 1.54) is 21.8 Å². The summed E-state index contributed by atoms with van der Waals surface area (Å²) in [6, 6.07) is 6.10. The van der Waals surface area contributed by atoms with E-state index in [0.717, 1.165) is 11.4 Å². The minimum absolute atomic E-state index is 0.851. The fourth-order valence-corrected chi connectivity index (χ4v) is 2.25. The Balaban J connectivity index is 2.59. The molecule has 0 radical (unpaired) electrons. The highest BCUT2D eigenvalue weighted by Crippen LogP contribution is 2.25. The van der Waals surface area contributed by atoms with E-state index in [4.69, 9.17) is 11.6 Å². The number of thiol groups is 1. The van der Waals surface area contributed by atoms with Crippen LogP contribution in [0.1, 0.15) is 5.56 Å². The molecule has 10 heavy (non-hydrogen) atoms. The summed E-state index contributed by atoms with van der Waals surface area (Å²) in [6.07, 6.45) is 1.08. The number of fused-ring (bicyclic) bond motifs is 1. The van der Waals surface area contributed by atoms with Gasteiger partial charge in [-0.1, -0.05) is 17.0 Å². The Bertz CT molecular complexity index is 291. The predicted molar refractivity (Wildman–Crippen MR) is 48.5 cm³/mol. The largest absolute Gasteiger partial charge is 0.173 e. The highest BCUT2D eigenvalue weighted by atomic mass is 35.5. The minimum atomic E-state index is 0.851. The van der Waals surface area contributed by atoms with Crippen molar-refractivity contribution in [3.63, 3.8) is 0 Å². The van der Waals surface area contributed by atoms with Crippen molar-refractivity contribution in [3.05, 3.63) is 28.8 Å². The first kappa shape index (κ1) is 6.44. The highest BCUT2D eigenvalue weighted by molar-refractivity contribution is 7.98. The Morgan fingerprint density at radius 1 is 1.40 bits per heavy atom. The van der Waals surface area contributed by atoms with Gasteiger partial charge in [-0.2, -0.15) is 11.4 Å². The SMILES string of the molecule is Clc1ccc2c(c1)CC=[SH]2. The van der Waals surface area contributed by atoms with E-state index in [2.05, 4.69) is 11.4 Å². The third-order valence-electron chi connectivity index (χ3n) is 1.58. The summed E-state index contributed by atoms with van der Waals surface area (Å²) < 4.78 is 0. The van der Waals surface area contributed by atoms with Crippen LogP contribution < -0.4 is 0 Å². The molecule has 2 rings (SSSR count). The lowest BCUT2D eigenvalue weighted by atomic mass is 10.2. The molecule has 0 N–H and O–H groups in total. The topological polar surface area (TPSA) is 0 Å². The molecule has 1 aliphatic heterocycles. The Morgan fingerprint density at radius 3 is 3.20 bits per heavy atom. The van der Waals surface area contributed by atoms with Crippen molar-refractivity contribution in [2.24, 2.45) is 0 Å². The van der Waals surface area contributed by atoms with Crippen molar-refractivity contribution in [1.82, 2.24) is 0 Å². The van der Waals surface area contributed by atoms with Crippen LogP contribution in [-0.2, 0) is 6.42 Å². The smallest absolute Gasteiger partial charge is 0.0409 e. The van der Waals surface area contributed by atoms with Crippen molar-refractivity contribution in [2.75, 3.05) is 0 Å². The lowest BCUT2D eigenvalue weighted by molar-refractivity contribution is 1.27. The molecule has 52 valence electrons. The summed E-state index contributed by atoms with van der Waals surface area (Å²) in [7, 11) is 0. The maximum Gasteiger partial charge on any atom is 0.0409 e. The Hall–Kier alpha value is -0.270. The van der Waals surface area contributed by atoms with E-state index < -0.39 is 0 Å². The molecule has 0 bridgehead atoms. The third-order valence-corrected chi connectivity index (χ3v) is 2.90. The Morgan fingerprint density at radius 2 is 2.30 bits per heavy atom. The van der Waals surface area contributed by atoms with Crippen molar-refractivity contribution in [3.8, 4) is 0 Å². The molecule has 0 atom stereocenters. The molecular weight excluding hydrogens is 164 g/mol. The molecule has 1 aliphatic rings. The molecule has 0 saturated carbocycles. The van der Waals surface area contributed by atoms with Crippen LogP contribution in [0.5, 0.6) is 0 Å². The molecule has 0 aliphatic carbocycles. The standard InChI is InChI=1S/C8H7ClS/c9-7-1-2-8-6(5-7)3-4-10-8/h1-2,4-5,10H,3H2. The van der Waals surface area contributed by atoms with E-state index >= 15 is 0 Å².